The highest BCUT2D eigenvalue weighted by atomic mass is 35.5. The van der Waals surface area contributed by atoms with Gasteiger partial charge in [-0.3, -0.25) is 0 Å². The van der Waals surface area contributed by atoms with Gasteiger partial charge in [0.15, 0.2) is 9.84 Å². The summed E-state index contributed by atoms with van der Waals surface area (Å²) in [5, 5.41) is 3.36. The summed E-state index contributed by atoms with van der Waals surface area (Å²) < 4.78 is 22.7. The lowest BCUT2D eigenvalue weighted by molar-refractivity contribution is 0.220. The Kier molecular flexibility index (Phi) is 5.85. The molecule has 24 heavy (non-hydrogen) atoms. The second kappa shape index (κ2) is 7.68. The molecule has 0 aliphatic rings. The minimum atomic E-state index is -3.12. The average Bonchev–Trinajstić information content (AvgIpc) is 2.48. The van der Waals surface area contributed by atoms with Crippen molar-refractivity contribution in [2.45, 2.75) is 12.3 Å². The van der Waals surface area contributed by atoms with E-state index in [2.05, 4.69) is 5.32 Å². The first-order chi connectivity index (χ1) is 11.2. The molecule has 7 heteroatoms. The van der Waals surface area contributed by atoms with Gasteiger partial charge in [-0.05, 0) is 29.3 Å². The topological polar surface area (TPSA) is 66.5 Å². The van der Waals surface area contributed by atoms with Gasteiger partial charge >= 0.3 is 6.03 Å². The van der Waals surface area contributed by atoms with Gasteiger partial charge in [-0.1, -0.05) is 41.9 Å². The fraction of sp³-hybridized carbons (Fsp3) is 0.235. The van der Waals surface area contributed by atoms with E-state index < -0.39 is 9.84 Å². The molecule has 128 valence electrons. The molecule has 0 aliphatic heterocycles. The normalized spacial score (nSPS) is 11.1. The number of hydrogen-bond acceptors (Lipinski definition) is 3. The molecule has 0 fully saturated rings. The number of urea groups is 1. The summed E-state index contributed by atoms with van der Waals surface area (Å²) in [5.41, 5.74) is 2.03. The summed E-state index contributed by atoms with van der Waals surface area (Å²) in [6, 6.07) is 13.8. The second-order valence-electron chi connectivity index (χ2n) is 5.65. The lowest BCUT2D eigenvalue weighted by atomic mass is 10.2. The highest BCUT2D eigenvalue weighted by Gasteiger charge is 2.12. The summed E-state index contributed by atoms with van der Waals surface area (Å²) >= 11 is 6.10. The average molecular weight is 367 g/mol. The Labute approximate surface area is 147 Å². The van der Waals surface area contributed by atoms with Crippen LogP contribution in [0.4, 0.5) is 10.5 Å². The highest BCUT2D eigenvalue weighted by Crippen LogP contribution is 2.18. The van der Waals surface area contributed by atoms with Crippen molar-refractivity contribution in [1.29, 1.82) is 0 Å². The Morgan fingerprint density at radius 1 is 1.17 bits per heavy atom. The Hall–Kier alpha value is -2.05. The van der Waals surface area contributed by atoms with Crippen molar-refractivity contribution in [3.63, 3.8) is 0 Å². The fourth-order valence-electron chi connectivity index (χ4n) is 2.21. The van der Waals surface area contributed by atoms with E-state index in [4.69, 9.17) is 11.6 Å². The first kappa shape index (κ1) is 18.3. The number of carbonyl (C=O) groups is 1. The van der Waals surface area contributed by atoms with Gasteiger partial charge in [0.1, 0.15) is 0 Å². The van der Waals surface area contributed by atoms with Gasteiger partial charge in [0.05, 0.1) is 5.75 Å². The summed E-state index contributed by atoms with van der Waals surface area (Å²) in [5.74, 6) is -0.0633. The molecular weight excluding hydrogens is 348 g/mol. The first-order valence-electron chi connectivity index (χ1n) is 7.27. The molecule has 0 radical (unpaired) electrons. The molecule has 0 aliphatic carbocycles. The van der Waals surface area contributed by atoms with E-state index in [1.54, 1.807) is 37.4 Å². The number of nitrogens with zero attached hydrogens (tertiary/aromatic N) is 1. The summed E-state index contributed by atoms with van der Waals surface area (Å²) in [7, 11) is -1.46. The zero-order chi connectivity index (χ0) is 17.7. The van der Waals surface area contributed by atoms with Crippen LogP contribution in [0.25, 0.3) is 0 Å². The van der Waals surface area contributed by atoms with Crippen molar-refractivity contribution in [2.75, 3.05) is 18.6 Å². The molecule has 0 unspecified atom stereocenters. The van der Waals surface area contributed by atoms with Crippen molar-refractivity contribution >= 4 is 33.2 Å². The molecule has 0 spiro atoms. The lowest BCUT2D eigenvalue weighted by Crippen LogP contribution is -2.30. The SMILES string of the molecule is CN(Cc1ccccc1Cl)C(=O)Nc1cccc(CS(C)(=O)=O)c1. The molecule has 0 atom stereocenters. The Morgan fingerprint density at radius 3 is 2.54 bits per heavy atom. The molecule has 2 aromatic rings. The molecule has 0 heterocycles. The number of anilines is 1. The van der Waals surface area contributed by atoms with E-state index >= 15 is 0 Å². The second-order valence-corrected chi connectivity index (χ2v) is 8.20. The van der Waals surface area contributed by atoms with Gasteiger partial charge in [-0.25, -0.2) is 13.2 Å². The third-order valence-electron chi connectivity index (χ3n) is 3.32. The first-order valence-corrected chi connectivity index (χ1v) is 9.70. The number of carbonyl (C=O) groups excluding carboxylic acids is 1. The molecule has 2 aromatic carbocycles. The maximum atomic E-state index is 12.3. The van der Waals surface area contributed by atoms with Gasteiger partial charge in [-0.2, -0.15) is 0 Å². The van der Waals surface area contributed by atoms with Crippen LogP contribution in [0, 0.1) is 0 Å². The van der Waals surface area contributed by atoms with E-state index in [-0.39, 0.29) is 11.8 Å². The van der Waals surface area contributed by atoms with Crippen LogP contribution in [0.15, 0.2) is 48.5 Å². The zero-order valence-electron chi connectivity index (χ0n) is 13.5. The van der Waals surface area contributed by atoms with Crippen LogP contribution >= 0.6 is 11.6 Å². The molecule has 5 nitrogen and oxygen atoms in total. The molecular formula is C17H19ClN2O3S. The number of sulfone groups is 1. The highest BCUT2D eigenvalue weighted by molar-refractivity contribution is 7.89. The van der Waals surface area contributed by atoms with Crippen LogP contribution in [0.2, 0.25) is 5.02 Å². The predicted octanol–water partition coefficient (Wildman–Crippen LogP) is 3.55. The minimum Gasteiger partial charge on any atom is -0.323 e. The molecule has 0 saturated heterocycles. The van der Waals surface area contributed by atoms with E-state index in [0.717, 1.165) is 5.56 Å². The Balaban J connectivity index is 2.04. The molecule has 0 saturated carbocycles. The van der Waals surface area contributed by atoms with Gasteiger partial charge in [-0.15, -0.1) is 0 Å². The molecule has 0 aromatic heterocycles. The van der Waals surface area contributed by atoms with Crippen molar-refractivity contribution in [1.82, 2.24) is 4.90 Å². The number of hydrogen-bond donors (Lipinski definition) is 1. The van der Waals surface area contributed by atoms with Crippen LogP contribution in [0.1, 0.15) is 11.1 Å². The third kappa shape index (κ3) is 5.54. The number of rotatable bonds is 5. The standard InChI is InChI=1S/C17H19ClN2O3S/c1-20(11-14-7-3-4-9-16(14)18)17(21)19-15-8-5-6-13(10-15)12-24(2,22)23/h3-10H,11-12H2,1-2H3,(H,19,21). The van der Waals surface area contributed by atoms with Crippen LogP contribution in [-0.2, 0) is 22.1 Å². The van der Waals surface area contributed by atoms with Gasteiger partial charge in [0.2, 0.25) is 0 Å². The van der Waals surface area contributed by atoms with E-state index in [1.807, 2.05) is 18.2 Å². The van der Waals surface area contributed by atoms with Crippen LogP contribution in [0.3, 0.4) is 0 Å². The molecule has 0 bridgehead atoms. The van der Waals surface area contributed by atoms with Crippen LogP contribution < -0.4 is 5.32 Å². The molecule has 2 amide bonds. The Morgan fingerprint density at radius 2 is 1.88 bits per heavy atom. The maximum Gasteiger partial charge on any atom is 0.321 e. The monoisotopic (exact) mass is 366 g/mol. The van der Waals surface area contributed by atoms with Gasteiger partial charge < -0.3 is 10.2 Å². The van der Waals surface area contributed by atoms with E-state index in [1.165, 1.54) is 11.2 Å². The largest absolute Gasteiger partial charge is 0.323 e. The summed E-state index contributed by atoms with van der Waals surface area (Å²) in [4.78, 5) is 13.8. The van der Waals surface area contributed by atoms with Crippen molar-refractivity contribution < 1.29 is 13.2 Å². The summed E-state index contributed by atoms with van der Waals surface area (Å²) in [6.45, 7) is 0.370. The maximum absolute atomic E-state index is 12.3. The lowest BCUT2D eigenvalue weighted by Gasteiger charge is -2.19. The third-order valence-corrected chi connectivity index (χ3v) is 4.55. The van der Waals surface area contributed by atoms with E-state index in [0.29, 0.717) is 22.8 Å². The summed E-state index contributed by atoms with van der Waals surface area (Å²) in [6.07, 6.45) is 1.18. The molecule has 1 N–H and O–H groups in total. The number of benzene rings is 2. The van der Waals surface area contributed by atoms with E-state index in [9.17, 15) is 13.2 Å². The van der Waals surface area contributed by atoms with Crippen molar-refractivity contribution in [3.05, 3.63) is 64.7 Å². The minimum absolute atomic E-state index is 0.0633. The van der Waals surface area contributed by atoms with Crippen LogP contribution in [-0.4, -0.2) is 32.7 Å². The quantitative estimate of drug-likeness (QED) is 0.879. The van der Waals surface area contributed by atoms with Crippen molar-refractivity contribution in [3.8, 4) is 0 Å². The van der Waals surface area contributed by atoms with Crippen molar-refractivity contribution in [2.24, 2.45) is 0 Å². The Bertz CT molecular complexity index is 837. The smallest absolute Gasteiger partial charge is 0.321 e. The number of nitrogens with one attached hydrogen (secondary N) is 1. The zero-order valence-corrected chi connectivity index (χ0v) is 15.1. The van der Waals surface area contributed by atoms with Gasteiger partial charge in [0.25, 0.3) is 0 Å². The van der Waals surface area contributed by atoms with Gasteiger partial charge in [0, 0.05) is 30.6 Å². The fourth-order valence-corrected chi connectivity index (χ4v) is 3.20. The number of amides is 2. The number of halogens is 1. The predicted molar refractivity (Wildman–Crippen MR) is 96.9 cm³/mol. The van der Waals surface area contributed by atoms with Crippen LogP contribution in [0.5, 0.6) is 0 Å². The molecule has 2 rings (SSSR count).